The van der Waals surface area contributed by atoms with Gasteiger partial charge in [0.25, 0.3) is 0 Å². The predicted molar refractivity (Wildman–Crippen MR) is 72.6 cm³/mol. The van der Waals surface area contributed by atoms with Crippen LogP contribution in [-0.4, -0.2) is 42.3 Å². The Kier molecular flexibility index (Phi) is 6.46. The van der Waals surface area contributed by atoms with Crippen LogP contribution in [0.25, 0.3) is 0 Å². The number of ether oxygens (including phenoxy) is 2. The molecule has 118 valence electrons. The van der Waals surface area contributed by atoms with Gasteiger partial charge in [0.2, 0.25) is 5.91 Å². The van der Waals surface area contributed by atoms with Crippen LogP contribution in [-0.2, 0) is 28.8 Å². The molecule has 7 nitrogen and oxygen atoms in total. The topological polar surface area (TPSA) is 83.1 Å². The maximum Gasteiger partial charge on any atom is 0.303 e. The summed E-state index contributed by atoms with van der Waals surface area (Å²) in [4.78, 5) is 32.4. The average molecular weight is 299 g/mol. The van der Waals surface area contributed by atoms with E-state index in [1.165, 1.54) is 13.8 Å². The van der Waals surface area contributed by atoms with Crippen LogP contribution in [0, 0.1) is 12.5 Å². The van der Waals surface area contributed by atoms with E-state index in [-0.39, 0.29) is 18.1 Å². The molecule has 1 saturated heterocycles. The van der Waals surface area contributed by atoms with Crippen LogP contribution < -0.4 is 5.32 Å². The Labute approximate surface area is 124 Å². The van der Waals surface area contributed by atoms with E-state index in [0.29, 0.717) is 6.42 Å². The Hall–Kier alpha value is -1.78. The minimum absolute atomic E-state index is 0.265. The summed E-state index contributed by atoms with van der Waals surface area (Å²) in [7, 11) is 0. The van der Waals surface area contributed by atoms with Gasteiger partial charge in [0.1, 0.15) is 0 Å². The minimum Gasteiger partial charge on any atom is -0.457 e. The van der Waals surface area contributed by atoms with Crippen LogP contribution in [0.2, 0.25) is 0 Å². The van der Waals surface area contributed by atoms with Gasteiger partial charge < -0.3 is 14.8 Å². The summed E-state index contributed by atoms with van der Waals surface area (Å²) in [6.07, 6.45) is 5.29. The maximum absolute atomic E-state index is 11.4. The van der Waals surface area contributed by atoms with Gasteiger partial charge in [0.05, 0.1) is 18.2 Å². The Balaban J connectivity index is 3.02. The molecule has 0 aromatic heterocycles. The van der Waals surface area contributed by atoms with E-state index in [2.05, 4.69) is 10.2 Å². The van der Waals surface area contributed by atoms with Gasteiger partial charge in [-0.25, -0.2) is 0 Å². The highest BCUT2D eigenvalue weighted by Crippen LogP contribution is 2.28. The fraction of sp³-hybridized carbons (Fsp3) is 0.714. The number of hydrogen-bond donors (Lipinski definition) is 1. The molecule has 0 saturated carbocycles. The SMILES string of the molecule is C#COO[C@H]1C(CC)OC(C)C(NC(C)=O)C1OC(C)=O. The molecule has 0 aromatic rings. The quantitative estimate of drug-likeness (QED) is 0.345. The molecule has 0 aliphatic carbocycles. The zero-order valence-corrected chi connectivity index (χ0v) is 12.6. The first kappa shape index (κ1) is 17.3. The van der Waals surface area contributed by atoms with Crippen molar-refractivity contribution in [1.82, 2.24) is 5.32 Å². The van der Waals surface area contributed by atoms with Crippen LogP contribution in [0.1, 0.15) is 34.1 Å². The first-order valence-corrected chi connectivity index (χ1v) is 6.78. The third kappa shape index (κ3) is 4.62. The van der Waals surface area contributed by atoms with Crippen LogP contribution in [0.4, 0.5) is 0 Å². The molecule has 0 spiro atoms. The van der Waals surface area contributed by atoms with Crippen molar-refractivity contribution >= 4 is 11.9 Å². The number of terminal acetylenes is 1. The van der Waals surface area contributed by atoms with Crippen molar-refractivity contribution in [3.05, 3.63) is 0 Å². The Morgan fingerprint density at radius 2 is 2.00 bits per heavy atom. The Morgan fingerprint density at radius 1 is 1.33 bits per heavy atom. The molecule has 1 fully saturated rings. The second-order valence-electron chi connectivity index (χ2n) is 4.85. The van der Waals surface area contributed by atoms with Crippen LogP contribution in [0.3, 0.4) is 0 Å². The van der Waals surface area contributed by atoms with E-state index in [0.717, 1.165) is 0 Å². The molecule has 21 heavy (non-hydrogen) atoms. The van der Waals surface area contributed by atoms with Crippen molar-refractivity contribution in [1.29, 1.82) is 0 Å². The zero-order valence-electron chi connectivity index (χ0n) is 12.6. The van der Waals surface area contributed by atoms with Gasteiger partial charge >= 0.3 is 5.97 Å². The molecule has 5 atom stereocenters. The van der Waals surface area contributed by atoms with Crippen molar-refractivity contribution < 1.29 is 28.8 Å². The first-order valence-electron chi connectivity index (χ1n) is 6.78. The summed E-state index contributed by atoms with van der Waals surface area (Å²) < 4.78 is 11.1. The normalized spacial score (nSPS) is 31.9. The van der Waals surface area contributed by atoms with Crippen LogP contribution >= 0.6 is 0 Å². The molecular weight excluding hydrogens is 278 g/mol. The van der Waals surface area contributed by atoms with Crippen molar-refractivity contribution in [3.63, 3.8) is 0 Å². The average Bonchev–Trinajstić information content (AvgIpc) is 2.40. The molecule has 1 heterocycles. The molecule has 1 amide bonds. The number of carbonyl (C=O) groups is 2. The van der Waals surface area contributed by atoms with Gasteiger partial charge in [-0.2, -0.15) is 4.89 Å². The predicted octanol–water partition coefficient (Wildman–Crippen LogP) is 0.528. The van der Waals surface area contributed by atoms with Crippen molar-refractivity contribution in [3.8, 4) is 12.5 Å². The molecule has 1 aliphatic heterocycles. The van der Waals surface area contributed by atoms with Gasteiger partial charge in [0.15, 0.2) is 18.3 Å². The third-order valence-electron chi connectivity index (χ3n) is 3.22. The third-order valence-corrected chi connectivity index (χ3v) is 3.22. The number of rotatable bonds is 5. The summed E-state index contributed by atoms with van der Waals surface area (Å²) in [5, 5.41) is 2.71. The first-order chi connectivity index (χ1) is 9.90. The molecule has 0 radical (unpaired) electrons. The lowest BCUT2D eigenvalue weighted by Gasteiger charge is -2.43. The number of esters is 1. The standard InChI is InChI=1S/C14H21NO6/c1-6-11-13(21-18-7-2)14(20-10(5)17)12(8(3)19-11)15-9(4)16/h2,8,11-14H,6H2,1,3-5H3,(H,15,16)/t8?,11?,12?,13-,14?/m0/s1. The van der Waals surface area contributed by atoms with Gasteiger partial charge in [-0.05, 0) is 13.3 Å². The summed E-state index contributed by atoms with van der Waals surface area (Å²) >= 11 is 0. The van der Waals surface area contributed by atoms with Gasteiger partial charge in [-0.1, -0.05) is 13.3 Å². The lowest BCUT2D eigenvalue weighted by Crippen LogP contribution is -2.64. The maximum atomic E-state index is 11.4. The van der Waals surface area contributed by atoms with Gasteiger partial charge in [-0.3, -0.25) is 14.5 Å². The fourth-order valence-electron chi connectivity index (χ4n) is 2.42. The molecule has 0 bridgehead atoms. The summed E-state index contributed by atoms with van der Waals surface area (Å²) in [6.45, 7) is 6.34. The zero-order chi connectivity index (χ0) is 16.0. The number of hydrogen-bond acceptors (Lipinski definition) is 6. The highest BCUT2D eigenvalue weighted by Gasteiger charge is 2.48. The number of nitrogens with one attached hydrogen (secondary N) is 1. The molecule has 1 aliphatic rings. The van der Waals surface area contributed by atoms with Crippen LogP contribution in [0.15, 0.2) is 0 Å². The second kappa shape index (κ2) is 7.86. The summed E-state index contributed by atoms with van der Waals surface area (Å²) in [5.41, 5.74) is 0. The smallest absolute Gasteiger partial charge is 0.303 e. The number of carbonyl (C=O) groups excluding carboxylic acids is 2. The molecule has 1 rings (SSSR count). The van der Waals surface area contributed by atoms with Crippen molar-refractivity contribution in [2.24, 2.45) is 0 Å². The van der Waals surface area contributed by atoms with E-state index in [4.69, 9.17) is 20.8 Å². The lowest BCUT2D eigenvalue weighted by atomic mass is 9.92. The van der Waals surface area contributed by atoms with Crippen molar-refractivity contribution in [2.45, 2.75) is 64.6 Å². The minimum atomic E-state index is -0.756. The Bertz CT molecular complexity index is 418. The molecule has 4 unspecified atom stereocenters. The Morgan fingerprint density at radius 3 is 2.48 bits per heavy atom. The summed E-state index contributed by atoms with van der Waals surface area (Å²) in [5.74, 6) is -0.757. The van der Waals surface area contributed by atoms with E-state index >= 15 is 0 Å². The lowest BCUT2D eigenvalue weighted by molar-refractivity contribution is -0.334. The van der Waals surface area contributed by atoms with Crippen LogP contribution in [0.5, 0.6) is 0 Å². The molecule has 0 aromatic carbocycles. The van der Waals surface area contributed by atoms with E-state index < -0.39 is 24.2 Å². The molecule has 7 heteroatoms. The molecule has 1 N–H and O–H groups in total. The second-order valence-corrected chi connectivity index (χ2v) is 4.85. The van der Waals surface area contributed by atoms with E-state index in [1.807, 2.05) is 13.0 Å². The van der Waals surface area contributed by atoms with Gasteiger partial charge in [-0.15, -0.1) is 0 Å². The highest BCUT2D eigenvalue weighted by molar-refractivity contribution is 5.73. The largest absolute Gasteiger partial charge is 0.457 e. The van der Waals surface area contributed by atoms with Crippen molar-refractivity contribution in [2.75, 3.05) is 0 Å². The van der Waals surface area contributed by atoms with Gasteiger partial charge in [0, 0.05) is 13.8 Å². The van der Waals surface area contributed by atoms with E-state index in [9.17, 15) is 9.59 Å². The molecular formula is C14H21NO6. The van der Waals surface area contributed by atoms with E-state index in [1.54, 1.807) is 6.92 Å². The number of amides is 1. The fourth-order valence-corrected chi connectivity index (χ4v) is 2.42. The monoisotopic (exact) mass is 299 g/mol. The summed E-state index contributed by atoms with van der Waals surface area (Å²) in [6, 6.07) is -0.555. The highest BCUT2D eigenvalue weighted by atomic mass is 17.2.